The monoisotopic (exact) mass is 980 g/mol. The molecule has 67 heavy (non-hydrogen) atoms. The fourth-order valence-corrected chi connectivity index (χ4v) is 9.60. The Balaban J connectivity index is 0.000000218. The van der Waals surface area contributed by atoms with Gasteiger partial charge in [-0.2, -0.15) is 5.26 Å². The van der Waals surface area contributed by atoms with Gasteiger partial charge in [-0.15, -0.1) is 20.4 Å². The molecule has 4 aromatic heterocycles. The summed E-state index contributed by atoms with van der Waals surface area (Å²) in [6.07, 6.45) is 3.62. The second kappa shape index (κ2) is 21.8. The molecule has 0 spiro atoms. The summed E-state index contributed by atoms with van der Waals surface area (Å²) in [5.41, 5.74) is 2.97. The van der Waals surface area contributed by atoms with E-state index in [2.05, 4.69) is 31.3 Å². The maximum absolute atomic E-state index is 13.0. The van der Waals surface area contributed by atoms with Crippen molar-refractivity contribution in [3.05, 3.63) is 172 Å². The van der Waals surface area contributed by atoms with Crippen molar-refractivity contribution in [2.24, 2.45) is 0 Å². The van der Waals surface area contributed by atoms with Crippen molar-refractivity contribution >= 4 is 48.6 Å². The van der Waals surface area contributed by atoms with Crippen LogP contribution in [-0.2, 0) is 44.0 Å². The lowest BCUT2D eigenvalue weighted by molar-refractivity contribution is 0.412. The SMILES string of the molecule is C.COc1cccc(C#N)c1-n1c(CS(=O)(=O)CCc2ccc(Cl)cc2)nnc1-c1ccco1.[C-]#[N+]c1cccc(OC)c1-n1c(CS(=O)(=O)CCc2ccc(Cl)cc2)nnc1-c1ccco1. The summed E-state index contributed by atoms with van der Waals surface area (Å²) in [7, 11) is -4.20. The lowest BCUT2D eigenvalue weighted by Crippen LogP contribution is -2.16. The number of methoxy groups -OCH3 is 2. The molecule has 0 saturated heterocycles. The van der Waals surface area contributed by atoms with Crippen molar-refractivity contribution in [1.82, 2.24) is 29.5 Å². The molecule has 0 bridgehead atoms. The van der Waals surface area contributed by atoms with Gasteiger partial charge >= 0.3 is 0 Å². The molecule has 4 heterocycles. The van der Waals surface area contributed by atoms with Crippen molar-refractivity contribution < 1.29 is 35.1 Å². The van der Waals surface area contributed by atoms with Gasteiger partial charge < -0.3 is 18.3 Å². The predicted octanol–water partition coefficient (Wildman–Crippen LogP) is 9.75. The lowest BCUT2D eigenvalue weighted by atomic mass is 10.1. The quantitative estimate of drug-likeness (QED) is 0.0829. The van der Waals surface area contributed by atoms with Gasteiger partial charge in [0.2, 0.25) is 17.3 Å². The summed E-state index contributed by atoms with van der Waals surface area (Å²) in [4.78, 5) is 3.58. The second-order valence-electron chi connectivity index (χ2n) is 14.4. The molecule has 0 radical (unpaired) electrons. The fraction of sp³-hybridized carbons (Fsp3) is 0.191. The van der Waals surface area contributed by atoms with Crippen LogP contribution in [0, 0.1) is 17.9 Å². The molecule has 0 unspecified atom stereocenters. The Labute approximate surface area is 397 Å². The highest BCUT2D eigenvalue weighted by molar-refractivity contribution is 7.90. The van der Waals surface area contributed by atoms with Crippen LogP contribution in [0.4, 0.5) is 5.69 Å². The Bertz CT molecular complexity index is 3030. The van der Waals surface area contributed by atoms with Crippen molar-refractivity contribution in [1.29, 1.82) is 5.26 Å². The summed E-state index contributed by atoms with van der Waals surface area (Å²) in [5.74, 6) is 1.45. The zero-order chi connectivity index (χ0) is 46.8. The maximum atomic E-state index is 13.0. The van der Waals surface area contributed by atoms with Crippen LogP contribution >= 0.6 is 23.2 Å². The molecular formula is C47H42Cl2N8O8S2. The van der Waals surface area contributed by atoms with E-state index in [9.17, 15) is 22.1 Å². The normalized spacial score (nSPS) is 11.1. The van der Waals surface area contributed by atoms with Crippen molar-refractivity contribution in [3.63, 3.8) is 0 Å². The molecular weight excluding hydrogens is 940 g/mol. The van der Waals surface area contributed by atoms with Gasteiger partial charge in [0.25, 0.3) is 0 Å². The summed E-state index contributed by atoms with van der Waals surface area (Å²) >= 11 is 11.8. The first-order valence-electron chi connectivity index (χ1n) is 19.8. The molecule has 0 N–H and O–H groups in total. The molecule has 0 aliphatic heterocycles. The van der Waals surface area contributed by atoms with Gasteiger partial charge in [-0.1, -0.05) is 73.1 Å². The van der Waals surface area contributed by atoms with Crippen LogP contribution in [0.15, 0.2) is 131 Å². The average Bonchev–Trinajstić information content (AvgIpc) is 4.17. The maximum Gasteiger partial charge on any atom is 0.214 e. The minimum atomic E-state index is -3.58. The zero-order valence-corrected chi connectivity index (χ0v) is 38.4. The molecule has 0 aliphatic rings. The molecule has 0 aliphatic carbocycles. The highest BCUT2D eigenvalue weighted by Crippen LogP contribution is 2.37. The average molecular weight is 982 g/mol. The number of aryl methyl sites for hydroxylation is 2. The van der Waals surface area contributed by atoms with Gasteiger partial charge in [-0.25, -0.2) is 21.7 Å². The van der Waals surface area contributed by atoms with Crippen LogP contribution < -0.4 is 9.47 Å². The highest BCUT2D eigenvalue weighted by atomic mass is 35.5. The third-order valence-electron chi connectivity index (χ3n) is 9.98. The molecule has 4 aromatic carbocycles. The third-order valence-corrected chi connectivity index (χ3v) is 13.5. The zero-order valence-electron chi connectivity index (χ0n) is 35.2. The van der Waals surface area contributed by atoms with E-state index >= 15 is 0 Å². The van der Waals surface area contributed by atoms with E-state index in [0.29, 0.717) is 57.3 Å². The minimum Gasteiger partial charge on any atom is -0.496 e. The largest absolute Gasteiger partial charge is 0.496 e. The molecule has 8 rings (SSSR count). The summed E-state index contributed by atoms with van der Waals surface area (Å²) < 4.78 is 76.9. The molecule has 0 saturated carbocycles. The molecule has 16 nitrogen and oxygen atoms in total. The first-order chi connectivity index (χ1) is 31.8. The number of rotatable bonds is 16. The Morgan fingerprint density at radius 1 is 0.642 bits per heavy atom. The Morgan fingerprint density at radius 3 is 1.51 bits per heavy atom. The predicted molar refractivity (Wildman–Crippen MR) is 254 cm³/mol. The van der Waals surface area contributed by atoms with Gasteiger partial charge in [0, 0.05) is 10.0 Å². The molecule has 0 amide bonds. The van der Waals surface area contributed by atoms with Crippen LogP contribution in [0.25, 0.3) is 39.4 Å². The fourth-order valence-electron chi connectivity index (χ4n) is 6.81. The van der Waals surface area contributed by atoms with E-state index in [4.69, 9.17) is 48.1 Å². The number of nitriles is 1. The van der Waals surface area contributed by atoms with Gasteiger partial charge in [-0.3, -0.25) is 9.13 Å². The lowest BCUT2D eigenvalue weighted by Gasteiger charge is -2.15. The number of hydrogen-bond acceptors (Lipinski definition) is 13. The number of benzene rings is 4. The summed E-state index contributed by atoms with van der Waals surface area (Å²) in [6, 6.07) is 32.9. The van der Waals surface area contributed by atoms with Gasteiger partial charge in [0.05, 0.1) is 56.1 Å². The Morgan fingerprint density at radius 2 is 1.09 bits per heavy atom. The summed E-state index contributed by atoms with van der Waals surface area (Å²) in [5, 5.41) is 27.5. The van der Waals surface area contributed by atoms with Gasteiger partial charge in [0.1, 0.15) is 34.8 Å². The van der Waals surface area contributed by atoms with Crippen molar-refractivity contribution in [2.45, 2.75) is 31.8 Å². The number of para-hydroxylation sites is 2. The van der Waals surface area contributed by atoms with Gasteiger partial charge in [0.15, 0.2) is 42.8 Å². The van der Waals surface area contributed by atoms with Crippen LogP contribution in [0.3, 0.4) is 0 Å². The van der Waals surface area contributed by atoms with E-state index in [1.54, 1.807) is 109 Å². The number of nitrogens with zero attached hydrogens (tertiary/aromatic N) is 8. The minimum absolute atomic E-state index is 0. The summed E-state index contributed by atoms with van der Waals surface area (Å²) in [6.45, 7) is 7.59. The van der Waals surface area contributed by atoms with E-state index in [-0.39, 0.29) is 65.0 Å². The molecule has 344 valence electrons. The number of aromatic nitrogens is 6. The number of hydrogen-bond donors (Lipinski definition) is 0. The van der Waals surface area contributed by atoms with E-state index in [0.717, 1.165) is 11.1 Å². The van der Waals surface area contributed by atoms with Crippen LogP contribution in [0.1, 0.15) is 35.8 Å². The third kappa shape index (κ3) is 11.8. The molecule has 0 fully saturated rings. The standard InChI is InChI=1S/2C23H19ClN4O4S.CH4/c1-25-18-5-3-6-19(31-2)22(18)28-21(26-27-23(28)20-7-4-13-32-20)15-33(29,30)14-12-16-8-10-17(24)11-9-16;1-31-19-5-2-4-17(14-25)22(19)28-21(26-27-23(28)20-6-3-12-32-20)15-33(29,30)13-11-16-7-9-18(24)10-8-16;/h3-11,13H,12,14-15H2,2H3;2-10,12H,11,13,15H2,1H3;1H4. The van der Waals surface area contributed by atoms with Gasteiger partial charge in [-0.05, 0) is 90.7 Å². The van der Waals surface area contributed by atoms with E-state index in [1.807, 2.05) is 0 Å². The van der Waals surface area contributed by atoms with E-state index < -0.39 is 19.7 Å². The van der Waals surface area contributed by atoms with Crippen LogP contribution in [0.5, 0.6) is 11.5 Å². The number of furan rings is 2. The van der Waals surface area contributed by atoms with Crippen LogP contribution in [0.2, 0.25) is 10.0 Å². The molecule has 8 aromatic rings. The topological polar surface area (TPSA) is 203 Å². The van der Waals surface area contributed by atoms with Crippen molar-refractivity contribution in [3.8, 4) is 52.1 Å². The van der Waals surface area contributed by atoms with E-state index in [1.165, 1.54) is 35.9 Å². The molecule has 0 atom stereocenters. The second-order valence-corrected chi connectivity index (χ2v) is 19.6. The Kier molecular flexibility index (Phi) is 16.0. The molecule has 20 heteroatoms. The number of halogens is 2. The van der Waals surface area contributed by atoms with Crippen molar-refractivity contribution in [2.75, 3.05) is 25.7 Å². The van der Waals surface area contributed by atoms with Crippen LogP contribution in [-0.4, -0.2) is 72.1 Å². The first-order valence-corrected chi connectivity index (χ1v) is 24.2. The first kappa shape index (κ1) is 49.2. The smallest absolute Gasteiger partial charge is 0.214 e. The number of sulfone groups is 2. The number of ether oxygens (including phenoxy) is 2. The Hall–Kier alpha value is -7.22. The highest BCUT2D eigenvalue weighted by Gasteiger charge is 2.28.